The second-order valence-electron chi connectivity index (χ2n) is 9.83. The lowest BCUT2D eigenvalue weighted by molar-refractivity contribution is -0.140. The minimum atomic E-state index is -4.27. The van der Waals surface area contributed by atoms with Gasteiger partial charge in [0.25, 0.3) is 10.0 Å². The largest absolute Gasteiger partial charge is 0.497 e. The summed E-state index contributed by atoms with van der Waals surface area (Å²) in [4.78, 5) is 28.9. The van der Waals surface area contributed by atoms with Crippen LogP contribution in [0.25, 0.3) is 0 Å². The van der Waals surface area contributed by atoms with Gasteiger partial charge in [-0.15, -0.1) is 0 Å². The number of carbonyl (C=O) groups excluding carboxylic acids is 2. The number of ether oxygens (including phenoxy) is 2. The molecule has 0 saturated heterocycles. The zero-order valence-electron chi connectivity index (χ0n) is 24.5. The molecule has 3 rings (SSSR count). The second kappa shape index (κ2) is 14.9. The number of nitrogens with one attached hydrogen (secondary N) is 1. The molecule has 3 aromatic rings. The highest BCUT2D eigenvalue weighted by Crippen LogP contribution is 2.33. The van der Waals surface area contributed by atoms with E-state index in [0.717, 1.165) is 9.87 Å². The predicted octanol–water partition coefficient (Wildman–Crippen LogP) is 5.27. The molecule has 0 bridgehead atoms. The normalized spacial score (nSPS) is 12.0. The van der Waals surface area contributed by atoms with E-state index in [9.17, 15) is 18.0 Å². The highest BCUT2D eigenvalue weighted by molar-refractivity contribution is 7.92. The predicted molar refractivity (Wildman–Crippen MR) is 164 cm³/mol. The van der Waals surface area contributed by atoms with E-state index < -0.39 is 28.5 Å². The highest BCUT2D eigenvalue weighted by atomic mass is 35.5. The van der Waals surface area contributed by atoms with E-state index >= 15 is 0 Å². The van der Waals surface area contributed by atoms with E-state index in [1.807, 2.05) is 26.8 Å². The van der Waals surface area contributed by atoms with Crippen molar-refractivity contribution in [1.29, 1.82) is 0 Å². The van der Waals surface area contributed by atoms with Crippen molar-refractivity contribution in [3.63, 3.8) is 0 Å². The van der Waals surface area contributed by atoms with Gasteiger partial charge in [0.05, 0.1) is 24.3 Å². The molecule has 226 valence electrons. The van der Waals surface area contributed by atoms with Gasteiger partial charge in [-0.2, -0.15) is 0 Å². The van der Waals surface area contributed by atoms with Crippen LogP contribution in [0, 0.1) is 0 Å². The first-order valence-electron chi connectivity index (χ1n) is 13.7. The van der Waals surface area contributed by atoms with Crippen molar-refractivity contribution in [2.75, 3.05) is 24.6 Å². The lowest BCUT2D eigenvalue weighted by Gasteiger charge is -2.34. The second-order valence-corrected chi connectivity index (χ2v) is 12.1. The van der Waals surface area contributed by atoms with Crippen LogP contribution in [-0.2, 0) is 26.2 Å². The van der Waals surface area contributed by atoms with Crippen LogP contribution in [0.1, 0.15) is 39.7 Å². The molecule has 9 nitrogen and oxygen atoms in total. The molecule has 0 aromatic heterocycles. The third kappa shape index (κ3) is 8.17. The summed E-state index contributed by atoms with van der Waals surface area (Å²) in [6, 6.07) is 18.5. The number of carbonyl (C=O) groups is 2. The maximum atomic E-state index is 14.2. The minimum Gasteiger partial charge on any atom is -0.497 e. The van der Waals surface area contributed by atoms with Crippen molar-refractivity contribution in [2.45, 2.75) is 57.6 Å². The number of halogens is 1. The van der Waals surface area contributed by atoms with Gasteiger partial charge in [-0.1, -0.05) is 42.8 Å². The van der Waals surface area contributed by atoms with E-state index in [4.69, 9.17) is 21.1 Å². The van der Waals surface area contributed by atoms with Gasteiger partial charge in [-0.25, -0.2) is 8.42 Å². The molecule has 0 aliphatic carbocycles. The van der Waals surface area contributed by atoms with Gasteiger partial charge in [-0.3, -0.25) is 13.9 Å². The minimum absolute atomic E-state index is 0.0464. The molecule has 0 radical (unpaired) electrons. The highest BCUT2D eigenvalue weighted by Gasteiger charge is 2.35. The molecule has 0 spiro atoms. The average Bonchev–Trinajstić information content (AvgIpc) is 2.96. The van der Waals surface area contributed by atoms with Crippen molar-refractivity contribution in [1.82, 2.24) is 10.2 Å². The first-order valence-corrected chi connectivity index (χ1v) is 15.6. The number of para-hydroxylation sites is 2. The van der Waals surface area contributed by atoms with Crippen LogP contribution in [0.5, 0.6) is 11.5 Å². The lowest BCUT2D eigenvalue weighted by atomic mass is 10.1. The lowest BCUT2D eigenvalue weighted by Crippen LogP contribution is -2.53. The van der Waals surface area contributed by atoms with Crippen LogP contribution >= 0.6 is 11.6 Å². The van der Waals surface area contributed by atoms with Crippen molar-refractivity contribution < 1.29 is 27.5 Å². The quantitative estimate of drug-likeness (QED) is 0.265. The van der Waals surface area contributed by atoms with Crippen LogP contribution < -0.4 is 19.1 Å². The topological polar surface area (TPSA) is 105 Å². The number of methoxy groups -OCH3 is 1. The molecule has 42 heavy (non-hydrogen) atoms. The monoisotopic (exact) mass is 615 g/mol. The smallest absolute Gasteiger partial charge is 0.264 e. The summed E-state index contributed by atoms with van der Waals surface area (Å²) in [5.74, 6) is 0.00410. The van der Waals surface area contributed by atoms with E-state index in [0.29, 0.717) is 22.9 Å². The Balaban J connectivity index is 2.12. The molecule has 0 fully saturated rings. The molecule has 1 atom stereocenters. The Bertz CT molecular complexity index is 1460. The fourth-order valence-corrected chi connectivity index (χ4v) is 6.01. The molecule has 0 aliphatic rings. The van der Waals surface area contributed by atoms with Crippen molar-refractivity contribution in [3.05, 3.63) is 83.4 Å². The summed E-state index contributed by atoms with van der Waals surface area (Å²) in [5, 5.41) is 3.26. The van der Waals surface area contributed by atoms with Crippen LogP contribution in [0.15, 0.2) is 77.7 Å². The Labute approximate surface area is 253 Å². The summed E-state index contributed by atoms with van der Waals surface area (Å²) in [7, 11) is -2.72. The average molecular weight is 616 g/mol. The Morgan fingerprint density at radius 3 is 2.29 bits per heavy atom. The van der Waals surface area contributed by atoms with E-state index in [1.165, 1.54) is 29.2 Å². The molecule has 0 aliphatic heterocycles. The van der Waals surface area contributed by atoms with Gasteiger partial charge >= 0.3 is 0 Å². The van der Waals surface area contributed by atoms with E-state index in [1.54, 1.807) is 56.5 Å². The van der Waals surface area contributed by atoms with Crippen molar-refractivity contribution in [3.8, 4) is 11.5 Å². The number of benzene rings is 3. The number of rotatable bonds is 14. The molecular formula is C31H38ClN3O6S. The number of sulfonamides is 1. The van der Waals surface area contributed by atoms with E-state index in [-0.39, 0.29) is 35.7 Å². The van der Waals surface area contributed by atoms with Gasteiger partial charge in [0.15, 0.2) is 0 Å². The van der Waals surface area contributed by atoms with Crippen LogP contribution in [-0.4, -0.2) is 57.5 Å². The first kappa shape index (κ1) is 32.8. The van der Waals surface area contributed by atoms with Gasteiger partial charge in [0, 0.05) is 17.6 Å². The van der Waals surface area contributed by atoms with Crippen molar-refractivity contribution in [2.24, 2.45) is 0 Å². The number of nitrogens with zero attached hydrogens (tertiary/aromatic N) is 2. The Hall–Kier alpha value is -3.76. The molecule has 11 heteroatoms. The summed E-state index contributed by atoms with van der Waals surface area (Å²) in [6.07, 6.45) is 0.313. The summed E-state index contributed by atoms with van der Waals surface area (Å²) in [6.45, 7) is 7.04. The SMILES string of the molecule is CCOc1ccccc1N(CC(=O)N(Cc1cccc(OC)c1)[C@H](CC)C(=O)NC(C)C)S(=O)(=O)c1ccc(Cl)cc1. The maximum Gasteiger partial charge on any atom is 0.264 e. The van der Waals surface area contributed by atoms with Gasteiger partial charge in [0.2, 0.25) is 11.8 Å². The third-order valence-electron chi connectivity index (χ3n) is 6.42. The Morgan fingerprint density at radius 2 is 1.67 bits per heavy atom. The first-order chi connectivity index (χ1) is 20.0. The molecule has 0 heterocycles. The molecule has 3 aromatic carbocycles. The Kier molecular flexibility index (Phi) is 11.6. The summed E-state index contributed by atoms with van der Waals surface area (Å²) >= 11 is 6.03. The van der Waals surface area contributed by atoms with Crippen LogP contribution in [0.2, 0.25) is 5.02 Å². The summed E-state index contributed by atoms with van der Waals surface area (Å²) in [5.41, 5.74) is 0.920. The number of hydrogen-bond donors (Lipinski definition) is 1. The third-order valence-corrected chi connectivity index (χ3v) is 8.44. The van der Waals surface area contributed by atoms with Crippen LogP contribution in [0.4, 0.5) is 5.69 Å². The molecular weight excluding hydrogens is 578 g/mol. The van der Waals surface area contributed by atoms with E-state index in [2.05, 4.69) is 5.32 Å². The molecule has 0 saturated carbocycles. The number of anilines is 1. The number of hydrogen-bond acceptors (Lipinski definition) is 6. The zero-order valence-corrected chi connectivity index (χ0v) is 26.1. The fraction of sp³-hybridized carbons (Fsp3) is 0.355. The molecule has 2 amide bonds. The van der Waals surface area contributed by atoms with Gasteiger partial charge < -0.3 is 19.7 Å². The standard InChI is InChI=1S/C31H38ClN3O6S/c1-6-27(31(37)33-22(3)4)34(20-23-11-10-12-25(19-23)40-5)30(36)21-35(28-13-8-9-14-29(28)41-7-2)42(38,39)26-17-15-24(32)16-18-26/h8-19,22,27H,6-7,20-21H2,1-5H3,(H,33,37)/t27-/m1/s1. The van der Waals surface area contributed by atoms with Gasteiger partial charge in [0.1, 0.15) is 24.1 Å². The molecule has 1 N–H and O–H groups in total. The summed E-state index contributed by atoms with van der Waals surface area (Å²) < 4.78 is 40.3. The molecule has 0 unspecified atom stereocenters. The Morgan fingerprint density at radius 1 is 0.976 bits per heavy atom. The maximum absolute atomic E-state index is 14.2. The number of amides is 2. The fourth-order valence-electron chi connectivity index (χ4n) is 4.46. The van der Waals surface area contributed by atoms with Gasteiger partial charge in [-0.05, 0) is 81.3 Å². The zero-order chi connectivity index (χ0) is 30.9. The van der Waals surface area contributed by atoms with Crippen LogP contribution in [0.3, 0.4) is 0 Å². The van der Waals surface area contributed by atoms with Crippen molar-refractivity contribution >= 4 is 39.1 Å².